The van der Waals surface area contributed by atoms with Crippen molar-refractivity contribution in [2.24, 2.45) is 0 Å². The molecular formula is C9H15ClFNO2. The number of amides is 1. The van der Waals surface area contributed by atoms with Gasteiger partial charge in [0.1, 0.15) is 5.60 Å². The first-order valence-electron chi connectivity index (χ1n) is 4.20. The van der Waals surface area contributed by atoms with Gasteiger partial charge in [-0.15, -0.1) is 11.6 Å². The Morgan fingerprint density at radius 3 is 2.50 bits per heavy atom. The van der Waals surface area contributed by atoms with E-state index in [0.717, 1.165) is 0 Å². The van der Waals surface area contributed by atoms with Crippen LogP contribution in [0.5, 0.6) is 0 Å². The topological polar surface area (TPSA) is 38.3 Å². The van der Waals surface area contributed by atoms with Gasteiger partial charge in [-0.2, -0.15) is 0 Å². The molecular weight excluding hydrogens is 209 g/mol. The lowest BCUT2D eigenvalue weighted by atomic mass is 10.2. The van der Waals surface area contributed by atoms with Gasteiger partial charge in [-0.3, -0.25) is 0 Å². The summed E-state index contributed by atoms with van der Waals surface area (Å²) in [4.78, 5) is 11.1. The highest BCUT2D eigenvalue weighted by Crippen LogP contribution is 2.06. The van der Waals surface area contributed by atoms with Crippen molar-refractivity contribution in [1.82, 2.24) is 5.32 Å². The highest BCUT2D eigenvalue weighted by molar-refractivity contribution is 6.19. The molecule has 0 saturated carbocycles. The monoisotopic (exact) mass is 223 g/mol. The fourth-order valence-electron chi connectivity index (χ4n) is 0.615. The van der Waals surface area contributed by atoms with Crippen LogP contribution in [0, 0.1) is 0 Å². The number of hydrogen-bond acceptors (Lipinski definition) is 2. The third kappa shape index (κ3) is 6.71. The Labute approximate surface area is 88.3 Å². The van der Waals surface area contributed by atoms with Crippen molar-refractivity contribution in [3.05, 3.63) is 11.9 Å². The zero-order valence-corrected chi connectivity index (χ0v) is 9.32. The number of rotatable bonds is 3. The number of alkyl halides is 1. The molecule has 0 spiro atoms. The molecule has 0 radical (unpaired) electrons. The van der Waals surface area contributed by atoms with E-state index in [4.69, 9.17) is 16.3 Å². The van der Waals surface area contributed by atoms with E-state index in [0.29, 0.717) is 11.9 Å². The van der Waals surface area contributed by atoms with Crippen molar-refractivity contribution in [2.45, 2.75) is 26.4 Å². The molecule has 3 nitrogen and oxygen atoms in total. The van der Waals surface area contributed by atoms with E-state index >= 15 is 0 Å². The van der Waals surface area contributed by atoms with Gasteiger partial charge in [0.05, 0.1) is 6.33 Å². The molecule has 0 atom stereocenters. The molecule has 0 aromatic heterocycles. The lowest BCUT2D eigenvalue weighted by Gasteiger charge is -2.19. The molecule has 0 heterocycles. The van der Waals surface area contributed by atoms with Crippen molar-refractivity contribution in [3.63, 3.8) is 0 Å². The highest BCUT2D eigenvalue weighted by atomic mass is 35.5. The van der Waals surface area contributed by atoms with E-state index in [2.05, 4.69) is 5.32 Å². The highest BCUT2D eigenvalue weighted by Gasteiger charge is 2.15. The summed E-state index contributed by atoms with van der Waals surface area (Å²) in [6.07, 6.45) is -0.202. The minimum atomic E-state index is -0.582. The maximum atomic E-state index is 12.0. The quantitative estimate of drug-likeness (QED) is 0.747. The first kappa shape index (κ1) is 13.2. The second-order valence-corrected chi connectivity index (χ2v) is 4.02. The summed E-state index contributed by atoms with van der Waals surface area (Å²) in [5.41, 5.74) is -0.248. The lowest BCUT2D eigenvalue weighted by molar-refractivity contribution is 0.0532. The molecule has 1 amide bonds. The number of alkyl carbamates (subject to hydrolysis) is 1. The Kier molecular flexibility index (Phi) is 5.53. The summed E-state index contributed by atoms with van der Waals surface area (Å²) >= 11 is 5.38. The predicted molar refractivity (Wildman–Crippen MR) is 54.1 cm³/mol. The molecule has 0 aromatic rings. The van der Waals surface area contributed by atoms with Crippen LogP contribution in [0.1, 0.15) is 20.8 Å². The zero-order chi connectivity index (χ0) is 11.2. The number of ether oxygens (including phenoxy) is 1. The van der Waals surface area contributed by atoms with Crippen molar-refractivity contribution < 1.29 is 13.9 Å². The van der Waals surface area contributed by atoms with Crippen LogP contribution in [0.4, 0.5) is 9.18 Å². The molecule has 0 rings (SSSR count). The number of halogens is 2. The third-order valence-electron chi connectivity index (χ3n) is 1.18. The summed E-state index contributed by atoms with van der Waals surface area (Å²) in [6, 6.07) is 0. The van der Waals surface area contributed by atoms with Gasteiger partial charge in [0.15, 0.2) is 0 Å². The molecule has 0 saturated heterocycles. The normalized spacial score (nSPS) is 12.5. The second-order valence-electron chi connectivity index (χ2n) is 3.76. The van der Waals surface area contributed by atoms with Gasteiger partial charge < -0.3 is 10.1 Å². The number of carbonyl (C=O) groups excluding carboxylic acids is 1. The lowest BCUT2D eigenvalue weighted by Crippen LogP contribution is -2.33. The largest absolute Gasteiger partial charge is 0.444 e. The van der Waals surface area contributed by atoms with Gasteiger partial charge in [-0.25, -0.2) is 9.18 Å². The zero-order valence-electron chi connectivity index (χ0n) is 8.56. The second kappa shape index (κ2) is 5.86. The minimum Gasteiger partial charge on any atom is -0.444 e. The molecule has 1 N–H and O–H groups in total. The average Bonchev–Trinajstić information content (AvgIpc) is 2.03. The van der Waals surface area contributed by atoms with E-state index < -0.39 is 11.7 Å². The molecule has 0 aliphatic carbocycles. The summed E-state index contributed by atoms with van der Waals surface area (Å²) in [5, 5.41) is 2.39. The first-order valence-corrected chi connectivity index (χ1v) is 4.73. The number of carbonyl (C=O) groups is 1. The molecule has 5 heteroatoms. The molecule has 0 aliphatic heterocycles. The molecule has 0 fully saturated rings. The molecule has 0 unspecified atom stereocenters. The van der Waals surface area contributed by atoms with Crippen LogP contribution in [-0.2, 0) is 4.74 Å². The average molecular weight is 224 g/mol. The van der Waals surface area contributed by atoms with E-state index in [9.17, 15) is 9.18 Å². The Hall–Kier alpha value is -0.770. The molecule has 82 valence electrons. The Bertz CT molecular complexity index is 223. The van der Waals surface area contributed by atoms with Crippen LogP contribution in [0.25, 0.3) is 0 Å². The maximum Gasteiger partial charge on any atom is 0.407 e. The van der Waals surface area contributed by atoms with Crippen molar-refractivity contribution >= 4 is 17.7 Å². The maximum absolute atomic E-state index is 12.0. The standard InChI is InChI=1S/C9H15ClFNO2/c1-9(2,3)14-8(13)12-6-7(4-10)5-11/h5H,4,6H2,1-3H3,(H,12,13). The molecule has 0 aliphatic rings. The Balaban J connectivity index is 3.86. The summed E-state index contributed by atoms with van der Waals surface area (Å²) < 4.78 is 16.9. The smallest absolute Gasteiger partial charge is 0.407 e. The Morgan fingerprint density at radius 1 is 1.57 bits per heavy atom. The van der Waals surface area contributed by atoms with E-state index in [1.807, 2.05) is 0 Å². The fourth-order valence-corrected chi connectivity index (χ4v) is 0.768. The van der Waals surface area contributed by atoms with Gasteiger partial charge in [0, 0.05) is 12.4 Å². The van der Waals surface area contributed by atoms with E-state index in [-0.39, 0.29) is 12.4 Å². The fraction of sp³-hybridized carbons (Fsp3) is 0.667. The van der Waals surface area contributed by atoms with Crippen molar-refractivity contribution in [2.75, 3.05) is 12.4 Å². The van der Waals surface area contributed by atoms with Gasteiger partial charge in [-0.1, -0.05) is 0 Å². The van der Waals surface area contributed by atoms with Crippen LogP contribution >= 0.6 is 11.6 Å². The molecule has 14 heavy (non-hydrogen) atoms. The van der Waals surface area contributed by atoms with Crippen LogP contribution in [-0.4, -0.2) is 24.1 Å². The van der Waals surface area contributed by atoms with Crippen molar-refractivity contribution in [1.29, 1.82) is 0 Å². The van der Waals surface area contributed by atoms with E-state index in [1.165, 1.54) is 0 Å². The molecule has 0 aromatic carbocycles. The SMILES string of the molecule is CC(C)(C)OC(=O)NCC(=CF)CCl. The van der Waals surface area contributed by atoms with Crippen LogP contribution in [0.2, 0.25) is 0 Å². The van der Waals surface area contributed by atoms with Gasteiger partial charge >= 0.3 is 6.09 Å². The summed E-state index contributed by atoms with van der Waals surface area (Å²) in [7, 11) is 0. The van der Waals surface area contributed by atoms with Gasteiger partial charge in [0.25, 0.3) is 0 Å². The van der Waals surface area contributed by atoms with Crippen molar-refractivity contribution in [3.8, 4) is 0 Å². The van der Waals surface area contributed by atoms with Gasteiger partial charge in [-0.05, 0) is 26.3 Å². The third-order valence-corrected chi connectivity index (χ3v) is 1.53. The number of hydrogen-bond donors (Lipinski definition) is 1. The van der Waals surface area contributed by atoms with Gasteiger partial charge in [0.2, 0.25) is 0 Å². The van der Waals surface area contributed by atoms with Crippen LogP contribution < -0.4 is 5.32 Å². The van der Waals surface area contributed by atoms with Crippen LogP contribution in [0.15, 0.2) is 11.9 Å². The Morgan fingerprint density at radius 2 is 2.14 bits per heavy atom. The van der Waals surface area contributed by atoms with E-state index in [1.54, 1.807) is 20.8 Å². The number of nitrogens with one attached hydrogen (secondary N) is 1. The predicted octanol–water partition coefficient (Wildman–Crippen LogP) is 2.60. The minimum absolute atomic E-state index is 0.0479. The molecule has 0 bridgehead atoms. The summed E-state index contributed by atoms with van der Waals surface area (Å²) in [6.45, 7) is 5.31. The summed E-state index contributed by atoms with van der Waals surface area (Å²) in [5.74, 6) is 0.0479. The first-order chi connectivity index (χ1) is 6.39. The van der Waals surface area contributed by atoms with Crippen LogP contribution in [0.3, 0.4) is 0 Å².